The van der Waals surface area contributed by atoms with Crippen LogP contribution in [0.5, 0.6) is 0 Å². The molecule has 0 aromatic carbocycles. The zero-order valence-corrected chi connectivity index (χ0v) is 10.7. The van der Waals surface area contributed by atoms with Crippen LogP contribution in [0.2, 0.25) is 0 Å². The summed E-state index contributed by atoms with van der Waals surface area (Å²) in [6.07, 6.45) is 2.50. The third-order valence-corrected chi connectivity index (χ3v) is 0.524. The van der Waals surface area contributed by atoms with Crippen LogP contribution in [0.4, 0.5) is 0 Å². The number of rotatable bonds is 3. The monoisotopic (exact) mass is 369 g/mol. The average molecular weight is 368 g/mol. The van der Waals surface area contributed by atoms with Gasteiger partial charge in [-0.3, -0.25) is 0 Å². The zero-order valence-electron chi connectivity index (χ0n) is 8.30. The Morgan fingerprint density at radius 3 is 0.750 bits per heavy atom. The molecule has 6 nitrogen and oxygen atoms in total. The van der Waals surface area contributed by atoms with Crippen LogP contribution in [0.15, 0.2) is 38.0 Å². The smallest absolute Gasteiger partial charge is 0.327 e. The molecule has 0 aromatic rings. The normalized spacial score (nSPS) is 6.00. The van der Waals surface area contributed by atoms with Gasteiger partial charge in [0.1, 0.15) is 0 Å². The molecule has 3 N–H and O–H groups in total. The van der Waals surface area contributed by atoms with Crippen LogP contribution in [0.1, 0.15) is 0 Å². The Kier molecular flexibility index (Phi) is 30.2. The van der Waals surface area contributed by atoms with Crippen molar-refractivity contribution in [3.8, 4) is 0 Å². The van der Waals surface area contributed by atoms with Crippen LogP contribution < -0.4 is 0 Å². The molecule has 0 rings (SSSR count). The summed E-state index contributed by atoms with van der Waals surface area (Å²) >= 11 is 0. The molecule has 0 aliphatic carbocycles. The molecule has 0 aliphatic heterocycles. The van der Waals surface area contributed by atoms with Gasteiger partial charge >= 0.3 is 17.9 Å². The third-order valence-electron chi connectivity index (χ3n) is 0.524. The molecule has 0 heterocycles. The number of carboxylic acids is 3. The van der Waals surface area contributed by atoms with Gasteiger partial charge in [0, 0.05) is 67.6 Å². The summed E-state index contributed by atoms with van der Waals surface area (Å²) in [5.74, 6) is -2.94. The number of hydrogen-bond donors (Lipinski definition) is 3. The van der Waals surface area contributed by atoms with Gasteiger partial charge in [-0.15, -0.1) is 0 Å². The van der Waals surface area contributed by atoms with E-state index in [0.29, 0.717) is 0 Å². The molecule has 0 bridgehead atoms. The summed E-state index contributed by atoms with van der Waals surface area (Å²) in [6.45, 7) is 8.88. The number of aliphatic carboxylic acids is 3. The van der Waals surface area contributed by atoms with Crippen LogP contribution in [-0.2, 0) is 14.4 Å². The van der Waals surface area contributed by atoms with Gasteiger partial charge in [-0.2, -0.15) is 0 Å². The maximum Gasteiger partial charge on any atom is 0.327 e. The van der Waals surface area contributed by atoms with E-state index in [9.17, 15) is 14.4 Å². The van der Waals surface area contributed by atoms with E-state index >= 15 is 0 Å². The van der Waals surface area contributed by atoms with E-state index in [4.69, 9.17) is 15.3 Å². The van der Waals surface area contributed by atoms with Crippen molar-refractivity contribution in [1.29, 1.82) is 0 Å². The van der Waals surface area contributed by atoms with Crippen molar-refractivity contribution < 1.29 is 79.1 Å². The maximum atomic E-state index is 9.25. The van der Waals surface area contributed by atoms with Gasteiger partial charge in [-0.25, -0.2) is 14.4 Å². The first-order valence-corrected chi connectivity index (χ1v) is 3.37. The summed E-state index contributed by atoms with van der Waals surface area (Å²) < 4.78 is 0. The van der Waals surface area contributed by atoms with E-state index in [1.807, 2.05) is 0 Å². The molecule has 0 spiro atoms. The Bertz CT molecular complexity index is 216. The molecular weight excluding hydrogens is 356 g/mol. The topological polar surface area (TPSA) is 112 Å². The van der Waals surface area contributed by atoms with E-state index < -0.39 is 17.9 Å². The summed E-state index contributed by atoms with van der Waals surface area (Å²) in [4.78, 5) is 27.8. The predicted molar refractivity (Wildman–Crippen MR) is 53.5 cm³/mol. The van der Waals surface area contributed by atoms with Gasteiger partial charge in [0.25, 0.3) is 0 Å². The molecule has 0 aliphatic rings. The molecule has 0 saturated heterocycles. The third kappa shape index (κ3) is 72.5. The molecule has 1 radical (unpaired) electrons. The Hall–Kier alpha value is -0.786. The molecular formula is C9H12EuO6. The minimum absolute atomic E-state index is 0. The first-order valence-electron chi connectivity index (χ1n) is 3.37. The van der Waals surface area contributed by atoms with Crippen molar-refractivity contribution in [2.75, 3.05) is 0 Å². The van der Waals surface area contributed by atoms with E-state index in [1.165, 1.54) is 0 Å². The minimum Gasteiger partial charge on any atom is -0.478 e. The maximum absolute atomic E-state index is 9.25. The SMILES string of the molecule is C=CC(=O)O.C=CC(=O)O.C=CC(=O)O.[Eu]. The van der Waals surface area contributed by atoms with Gasteiger partial charge in [0.2, 0.25) is 0 Å². The molecule has 0 unspecified atom stereocenters. The first-order chi connectivity index (χ1) is 6.81. The fourth-order valence-corrected chi connectivity index (χ4v) is 0. The molecule has 16 heavy (non-hydrogen) atoms. The van der Waals surface area contributed by atoms with Gasteiger partial charge in [-0.05, 0) is 0 Å². The molecule has 0 aromatic heterocycles. The average Bonchev–Trinajstić information content (AvgIpc) is 2.19. The Labute approximate surface area is 134 Å². The second kappa shape index (κ2) is 19.7. The molecule has 0 saturated carbocycles. The minimum atomic E-state index is -0.981. The van der Waals surface area contributed by atoms with Crippen LogP contribution in [-0.4, -0.2) is 33.2 Å². The quantitative estimate of drug-likeness (QED) is 0.635. The summed E-state index contributed by atoms with van der Waals surface area (Å²) in [5.41, 5.74) is 0. The van der Waals surface area contributed by atoms with E-state index in [0.717, 1.165) is 18.2 Å². The Balaban J connectivity index is -0.0000000655. The fourth-order valence-electron chi connectivity index (χ4n) is 0. The molecule has 0 amide bonds. The van der Waals surface area contributed by atoms with E-state index in [1.54, 1.807) is 0 Å². The van der Waals surface area contributed by atoms with Crippen molar-refractivity contribution in [2.45, 2.75) is 0 Å². The number of carbonyl (C=O) groups is 3. The second-order valence-electron chi connectivity index (χ2n) is 1.63. The van der Waals surface area contributed by atoms with E-state index in [2.05, 4.69) is 19.7 Å². The largest absolute Gasteiger partial charge is 0.478 e. The zero-order chi connectivity index (χ0) is 12.9. The summed E-state index contributed by atoms with van der Waals surface area (Å²) in [5, 5.41) is 22.8. The Morgan fingerprint density at radius 1 is 0.688 bits per heavy atom. The van der Waals surface area contributed by atoms with Crippen LogP contribution in [0.3, 0.4) is 0 Å². The van der Waals surface area contributed by atoms with Crippen molar-refractivity contribution >= 4 is 17.9 Å². The van der Waals surface area contributed by atoms with Gasteiger partial charge in [0.05, 0.1) is 0 Å². The number of hydrogen-bond acceptors (Lipinski definition) is 3. The van der Waals surface area contributed by atoms with E-state index in [-0.39, 0.29) is 49.4 Å². The molecule has 0 atom stereocenters. The van der Waals surface area contributed by atoms with Crippen molar-refractivity contribution in [1.82, 2.24) is 0 Å². The fraction of sp³-hybridized carbons (Fsp3) is 0. The summed E-state index contributed by atoms with van der Waals surface area (Å²) in [6, 6.07) is 0. The molecule has 0 fully saturated rings. The van der Waals surface area contributed by atoms with Crippen LogP contribution in [0.25, 0.3) is 0 Å². The van der Waals surface area contributed by atoms with Crippen LogP contribution in [0, 0.1) is 49.4 Å². The number of carboxylic acid groups (broad SMARTS) is 3. The molecule has 7 heteroatoms. The van der Waals surface area contributed by atoms with Crippen molar-refractivity contribution in [3.05, 3.63) is 38.0 Å². The van der Waals surface area contributed by atoms with Crippen molar-refractivity contribution in [3.63, 3.8) is 0 Å². The van der Waals surface area contributed by atoms with Gasteiger partial charge in [-0.1, -0.05) is 19.7 Å². The predicted octanol–water partition coefficient (Wildman–Crippen LogP) is 0.771. The Morgan fingerprint density at radius 2 is 0.750 bits per heavy atom. The first kappa shape index (κ1) is 24.4. The summed E-state index contributed by atoms with van der Waals surface area (Å²) in [7, 11) is 0. The van der Waals surface area contributed by atoms with Crippen LogP contribution >= 0.6 is 0 Å². The van der Waals surface area contributed by atoms with Crippen molar-refractivity contribution in [2.24, 2.45) is 0 Å². The van der Waals surface area contributed by atoms with Gasteiger partial charge < -0.3 is 15.3 Å². The molecule has 91 valence electrons. The second-order valence-corrected chi connectivity index (χ2v) is 1.63. The van der Waals surface area contributed by atoms with Gasteiger partial charge in [0.15, 0.2) is 0 Å². The standard InChI is InChI=1S/3C3H4O2.Eu/c3*1-2-3(4)5;/h3*2H,1H2,(H,4,5);.